The first-order valence-corrected chi connectivity index (χ1v) is 5.17. The van der Waals surface area contributed by atoms with Crippen LogP contribution in [-0.4, -0.2) is 13.1 Å². The van der Waals surface area contributed by atoms with E-state index in [2.05, 4.69) is 43.4 Å². The van der Waals surface area contributed by atoms with Crippen molar-refractivity contribution in [3.8, 4) is 0 Å². The smallest absolute Gasteiger partial charge is 0.0458 e. The minimum atomic E-state index is 0.381. The fraction of sp³-hybridized carbons (Fsp3) is 0.500. The average Bonchev–Trinajstić information content (AvgIpc) is 2.19. The van der Waals surface area contributed by atoms with Crippen LogP contribution in [0, 0.1) is 0 Å². The Kier molecular flexibility index (Phi) is 8.19. The summed E-state index contributed by atoms with van der Waals surface area (Å²) in [4.78, 5) is 0. The molecule has 0 aliphatic heterocycles. The summed E-state index contributed by atoms with van der Waals surface area (Å²) in [6.07, 6.45) is 10.3. The van der Waals surface area contributed by atoms with Crippen LogP contribution in [0.2, 0.25) is 0 Å². The van der Waals surface area contributed by atoms with Crippen molar-refractivity contribution in [3.05, 3.63) is 36.5 Å². The van der Waals surface area contributed by atoms with Gasteiger partial charge in [0.1, 0.15) is 0 Å². The molecule has 0 saturated heterocycles. The van der Waals surface area contributed by atoms with Crippen LogP contribution in [0.4, 0.5) is 0 Å². The zero-order valence-corrected chi connectivity index (χ0v) is 9.51. The largest absolute Gasteiger partial charge is 0.260 e. The molecule has 0 aliphatic carbocycles. The molecule has 0 heterocycles. The number of rotatable bonds is 7. The molecular formula is C12H22N2. The van der Waals surface area contributed by atoms with Crippen molar-refractivity contribution in [2.75, 3.05) is 7.05 Å². The zero-order chi connectivity index (χ0) is 10.8. The molecule has 1 unspecified atom stereocenters. The Morgan fingerprint density at radius 2 is 2.21 bits per heavy atom. The highest BCUT2D eigenvalue weighted by atomic mass is 15.3. The predicted molar refractivity (Wildman–Crippen MR) is 64.0 cm³/mol. The lowest BCUT2D eigenvalue weighted by molar-refractivity contribution is 0.481. The van der Waals surface area contributed by atoms with Crippen LogP contribution >= 0.6 is 0 Å². The van der Waals surface area contributed by atoms with Gasteiger partial charge in [-0.1, -0.05) is 44.2 Å². The van der Waals surface area contributed by atoms with E-state index in [1.807, 2.05) is 13.1 Å². The fourth-order valence-corrected chi connectivity index (χ4v) is 1.38. The second kappa shape index (κ2) is 8.73. The molecule has 0 aromatic rings. The van der Waals surface area contributed by atoms with Crippen molar-refractivity contribution in [1.82, 2.24) is 10.9 Å². The van der Waals surface area contributed by atoms with Gasteiger partial charge in [-0.3, -0.25) is 10.9 Å². The van der Waals surface area contributed by atoms with E-state index in [-0.39, 0.29) is 0 Å². The van der Waals surface area contributed by atoms with Gasteiger partial charge in [0.15, 0.2) is 0 Å². The topological polar surface area (TPSA) is 24.1 Å². The van der Waals surface area contributed by atoms with Crippen molar-refractivity contribution < 1.29 is 0 Å². The molecule has 0 radical (unpaired) electrons. The van der Waals surface area contributed by atoms with Gasteiger partial charge in [-0.15, -0.1) is 0 Å². The van der Waals surface area contributed by atoms with E-state index in [1.165, 1.54) is 12.0 Å². The minimum absolute atomic E-state index is 0.381. The number of nitrogens with one attached hydrogen (secondary N) is 2. The fourth-order valence-electron chi connectivity index (χ4n) is 1.38. The quantitative estimate of drug-likeness (QED) is 0.481. The maximum absolute atomic E-state index is 3.67. The molecule has 80 valence electrons. The normalized spacial score (nSPS) is 14.6. The number of hydrogen-bond acceptors (Lipinski definition) is 2. The Hall–Kier alpha value is -0.860. The van der Waals surface area contributed by atoms with Gasteiger partial charge in [-0.2, -0.15) is 0 Å². The second-order valence-corrected chi connectivity index (χ2v) is 3.12. The summed E-state index contributed by atoms with van der Waals surface area (Å²) in [5, 5.41) is 0. The van der Waals surface area contributed by atoms with Crippen LogP contribution in [0.25, 0.3) is 0 Å². The Balaban J connectivity index is 4.41. The Labute approximate surface area is 87.8 Å². The third-order valence-corrected chi connectivity index (χ3v) is 2.06. The summed E-state index contributed by atoms with van der Waals surface area (Å²) in [6, 6.07) is 0.381. The summed E-state index contributed by atoms with van der Waals surface area (Å²) in [7, 11) is 1.90. The summed E-state index contributed by atoms with van der Waals surface area (Å²) < 4.78 is 0. The van der Waals surface area contributed by atoms with Gasteiger partial charge in [-0.25, -0.2) is 0 Å². The maximum atomic E-state index is 3.67. The van der Waals surface area contributed by atoms with Crippen molar-refractivity contribution in [2.45, 2.75) is 32.7 Å². The Bertz CT molecular complexity index is 198. The van der Waals surface area contributed by atoms with Crippen molar-refractivity contribution >= 4 is 0 Å². The van der Waals surface area contributed by atoms with Crippen molar-refractivity contribution in [3.63, 3.8) is 0 Å². The summed E-state index contributed by atoms with van der Waals surface area (Å²) in [5.41, 5.74) is 7.53. The molecular weight excluding hydrogens is 172 g/mol. The van der Waals surface area contributed by atoms with Crippen LogP contribution < -0.4 is 10.9 Å². The number of hydrazine groups is 1. The Morgan fingerprint density at radius 3 is 2.64 bits per heavy atom. The lowest BCUT2D eigenvalue weighted by atomic mass is 10.0. The van der Waals surface area contributed by atoms with E-state index in [0.717, 1.165) is 6.42 Å². The van der Waals surface area contributed by atoms with Crippen LogP contribution in [0.5, 0.6) is 0 Å². The van der Waals surface area contributed by atoms with E-state index in [4.69, 9.17) is 0 Å². The second-order valence-electron chi connectivity index (χ2n) is 3.12. The summed E-state index contributed by atoms with van der Waals surface area (Å²) in [5.74, 6) is 0. The molecule has 0 aliphatic rings. The van der Waals surface area contributed by atoms with Crippen molar-refractivity contribution in [1.29, 1.82) is 0 Å². The molecule has 0 spiro atoms. The lowest BCUT2D eigenvalue weighted by Crippen LogP contribution is -2.39. The first-order valence-electron chi connectivity index (χ1n) is 5.17. The highest BCUT2D eigenvalue weighted by Gasteiger charge is 2.08. The molecule has 14 heavy (non-hydrogen) atoms. The van der Waals surface area contributed by atoms with E-state index < -0.39 is 0 Å². The highest BCUT2D eigenvalue weighted by molar-refractivity contribution is 5.26. The minimum Gasteiger partial charge on any atom is -0.260 e. The van der Waals surface area contributed by atoms with Crippen LogP contribution in [0.1, 0.15) is 26.7 Å². The van der Waals surface area contributed by atoms with Gasteiger partial charge in [0.2, 0.25) is 0 Å². The van der Waals surface area contributed by atoms with E-state index >= 15 is 0 Å². The Morgan fingerprint density at radius 1 is 1.50 bits per heavy atom. The number of allylic oxidation sites excluding steroid dienone is 3. The third-order valence-electron chi connectivity index (χ3n) is 2.06. The van der Waals surface area contributed by atoms with Gasteiger partial charge >= 0.3 is 0 Å². The molecule has 0 aromatic carbocycles. The van der Waals surface area contributed by atoms with Gasteiger partial charge in [0.05, 0.1) is 0 Å². The highest BCUT2D eigenvalue weighted by Crippen LogP contribution is 2.09. The van der Waals surface area contributed by atoms with Gasteiger partial charge in [0, 0.05) is 6.04 Å². The average molecular weight is 194 g/mol. The molecule has 0 bridgehead atoms. The molecule has 2 N–H and O–H groups in total. The van der Waals surface area contributed by atoms with Gasteiger partial charge in [-0.05, 0) is 26.0 Å². The van der Waals surface area contributed by atoms with E-state index in [0.29, 0.717) is 6.04 Å². The molecule has 2 heteroatoms. The summed E-state index contributed by atoms with van der Waals surface area (Å²) >= 11 is 0. The maximum Gasteiger partial charge on any atom is 0.0458 e. The lowest BCUT2D eigenvalue weighted by Gasteiger charge is -2.18. The van der Waals surface area contributed by atoms with E-state index in [1.54, 1.807) is 6.08 Å². The van der Waals surface area contributed by atoms with Crippen LogP contribution in [-0.2, 0) is 0 Å². The van der Waals surface area contributed by atoms with Gasteiger partial charge < -0.3 is 0 Å². The molecule has 0 saturated carbocycles. The molecule has 2 nitrogen and oxygen atoms in total. The number of hydrogen-bond donors (Lipinski definition) is 2. The van der Waals surface area contributed by atoms with Crippen molar-refractivity contribution in [2.24, 2.45) is 0 Å². The summed E-state index contributed by atoms with van der Waals surface area (Å²) in [6.45, 7) is 7.92. The monoisotopic (exact) mass is 194 g/mol. The molecule has 1 atom stereocenters. The van der Waals surface area contributed by atoms with Crippen LogP contribution in [0.3, 0.4) is 0 Å². The molecule has 0 aromatic heterocycles. The zero-order valence-electron chi connectivity index (χ0n) is 9.51. The molecule has 0 fully saturated rings. The van der Waals surface area contributed by atoms with E-state index in [9.17, 15) is 0 Å². The standard InChI is InChI=1S/C12H22N2/c1-5-8-10-11(7-3)12(9-6-2)14-13-4/h5,7-8,10,12-14H,1,6,9H2,2-4H3/b10-8-,11-7+. The third kappa shape index (κ3) is 5.00. The molecule has 0 amide bonds. The SMILES string of the molecule is C=C/C=C\C(=C/C)C(CCC)NNC. The predicted octanol–water partition coefficient (Wildman–Crippen LogP) is 2.57. The van der Waals surface area contributed by atoms with Crippen LogP contribution in [0.15, 0.2) is 36.5 Å². The first kappa shape index (κ1) is 13.1. The molecule has 0 rings (SSSR count). The first-order chi connectivity index (χ1) is 6.79. The van der Waals surface area contributed by atoms with Gasteiger partial charge in [0.25, 0.3) is 0 Å².